The molecular formula is C38H32ClNO4. The Morgan fingerprint density at radius 1 is 0.727 bits per heavy atom. The lowest BCUT2D eigenvalue weighted by atomic mass is 9.79. The first-order valence-corrected chi connectivity index (χ1v) is 15.0. The van der Waals surface area contributed by atoms with Crippen LogP contribution in [-0.4, -0.2) is 25.2 Å². The maximum atomic E-state index is 13.5. The van der Waals surface area contributed by atoms with E-state index >= 15 is 0 Å². The normalized spacial score (nSPS) is 13.3. The number of ether oxygens (including phenoxy) is 2. The number of hydrogen-bond acceptors (Lipinski definition) is 4. The zero-order chi connectivity index (χ0) is 30.5. The molecule has 5 aromatic rings. The predicted octanol–water partition coefficient (Wildman–Crippen LogP) is 8.41. The molecule has 0 saturated heterocycles. The number of carbonyl (C=O) groups excluding carboxylic acids is 2. The van der Waals surface area contributed by atoms with Gasteiger partial charge in [0.25, 0.3) is 0 Å². The van der Waals surface area contributed by atoms with Crippen LogP contribution in [0, 0.1) is 6.92 Å². The molecule has 0 spiro atoms. The topological polar surface area (TPSA) is 64.6 Å². The lowest BCUT2D eigenvalue weighted by molar-refractivity contribution is -0.153. The van der Waals surface area contributed by atoms with Gasteiger partial charge in [0, 0.05) is 34.2 Å². The summed E-state index contributed by atoms with van der Waals surface area (Å²) in [5, 5.41) is 3.19. The van der Waals surface area contributed by atoms with E-state index in [0.717, 1.165) is 38.9 Å². The summed E-state index contributed by atoms with van der Waals surface area (Å²) in [6.07, 6.45) is -0.645. The lowest BCUT2D eigenvalue weighted by Crippen LogP contribution is -2.37. The van der Waals surface area contributed by atoms with E-state index in [0.29, 0.717) is 10.6 Å². The Morgan fingerprint density at radius 2 is 1.30 bits per heavy atom. The van der Waals surface area contributed by atoms with Crippen LogP contribution in [0.2, 0.25) is 5.02 Å². The van der Waals surface area contributed by atoms with Crippen molar-refractivity contribution in [1.82, 2.24) is 5.32 Å². The lowest BCUT2D eigenvalue weighted by Gasteiger charge is -2.36. The number of fused-ring (bicyclic) bond motifs is 3. The van der Waals surface area contributed by atoms with Gasteiger partial charge < -0.3 is 14.8 Å². The molecule has 1 aliphatic carbocycles. The number of hydrogen-bond donors (Lipinski definition) is 1. The molecule has 0 fully saturated rings. The number of carbonyl (C=O) groups is 2. The first kappa shape index (κ1) is 29.2. The van der Waals surface area contributed by atoms with Crippen molar-refractivity contribution in [2.75, 3.05) is 13.2 Å². The quantitative estimate of drug-likeness (QED) is 0.136. The van der Waals surface area contributed by atoms with Crippen molar-refractivity contribution >= 4 is 23.7 Å². The van der Waals surface area contributed by atoms with Gasteiger partial charge in [0.2, 0.25) is 0 Å². The molecule has 0 aromatic heterocycles. The second-order valence-electron chi connectivity index (χ2n) is 10.9. The minimum absolute atomic E-state index is 0.0465. The zero-order valence-electron chi connectivity index (χ0n) is 24.3. The molecule has 0 aliphatic heterocycles. The van der Waals surface area contributed by atoms with Crippen molar-refractivity contribution in [3.63, 3.8) is 0 Å². The smallest absolute Gasteiger partial charge is 0.407 e. The fraction of sp³-hybridized carbons (Fsp3) is 0.158. The van der Waals surface area contributed by atoms with Crippen molar-refractivity contribution in [2.45, 2.75) is 24.9 Å². The van der Waals surface area contributed by atoms with Gasteiger partial charge in [-0.3, -0.25) is 4.79 Å². The molecule has 0 saturated carbocycles. The molecule has 1 N–H and O–H groups in total. The van der Waals surface area contributed by atoms with Crippen LogP contribution in [0.3, 0.4) is 0 Å². The highest BCUT2D eigenvalue weighted by molar-refractivity contribution is 6.31. The molecule has 5 aromatic carbocycles. The first-order valence-electron chi connectivity index (χ1n) is 14.7. The summed E-state index contributed by atoms with van der Waals surface area (Å²) in [6.45, 7) is 2.25. The van der Waals surface area contributed by atoms with Crippen molar-refractivity contribution in [3.8, 4) is 11.1 Å². The summed E-state index contributed by atoms with van der Waals surface area (Å²) in [5.41, 5.74) is 6.55. The van der Waals surface area contributed by atoms with Gasteiger partial charge in [-0.15, -0.1) is 0 Å². The first-order chi connectivity index (χ1) is 21.5. The molecule has 44 heavy (non-hydrogen) atoms. The molecule has 1 amide bonds. The van der Waals surface area contributed by atoms with Gasteiger partial charge in [-0.2, -0.15) is 0 Å². The third kappa shape index (κ3) is 5.71. The number of aryl methyl sites for hydroxylation is 1. The summed E-state index contributed by atoms with van der Waals surface area (Å²) < 4.78 is 12.0. The Balaban J connectivity index is 1.16. The molecule has 0 bridgehead atoms. The van der Waals surface area contributed by atoms with E-state index in [1.807, 2.05) is 104 Å². The molecule has 6 rings (SSSR count). The molecule has 6 heteroatoms. The number of halogens is 1. The Labute approximate surface area is 262 Å². The van der Waals surface area contributed by atoms with Crippen LogP contribution in [0.1, 0.15) is 45.7 Å². The van der Waals surface area contributed by atoms with Crippen LogP contribution in [-0.2, 0) is 19.9 Å². The monoisotopic (exact) mass is 601 g/mol. The van der Waals surface area contributed by atoms with Gasteiger partial charge in [0.1, 0.15) is 6.61 Å². The summed E-state index contributed by atoms with van der Waals surface area (Å²) in [4.78, 5) is 26.3. The molecule has 1 aliphatic rings. The summed E-state index contributed by atoms with van der Waals surface area (Å²) >= 11 is 6.76. The van der Waals surface area contributed by atoms with E-state index in [9.17, 15) is 9.59 Å². The molecule has 0 heterocycles. The van der Waals surface area contributed by atoms with Gasteiger partial charge >= 0.3 is 12.1 Å². The number of nitrogens with one attached hydrogen (secondary N) is 1. The second-order valence-corrected chi connectivity index (χ2v) is 11.3. The Kier molecular flexibility index (Phi) is 8.49. The largest absolute Gasteiger partial charge is 0.449 e. The van der Waals surface area contributed by atoms with Crippen molar-refractivity contribution in [1.29, 1.82) is 0 Å². The summed E-state index contributed by atoms with van der Waals surface area (Å²) in [5.74, 6) is -0.539. The number of benzene rings is 5. The van der Waals surface area contributed by atoms with Crippen LogP contribution < -0.4 is 5.32 Å². The Bertz CT molecular complexity index is 1740. The molecule has 1 unspecified atom stereocenters. The van der Waals surface area contributed by atoms with Crippen LogP contribution in [0.15, 0.2) is 127 Å². The predicted molar refractivity (Wildman–Crippen MR) is 173 cm³/mol. The van der Waals surface area contributed by atoms with E-state index in [-0.39, 0.29) is 25.5 Å². The maximum absolute atomic E-state index is 13.5. The number of amides is 1. The fourth-order valence-electron chi connectivity index (χ4n) is 6.00. The van der Waals surface area contributed by atoms with Crippen molar-refractivity contribution in [3.05, 3.63) is 166 Å². The van der Waals surface area contributed by atoms with E-state index in [1.165, 1.54) is 0 Å². The third-order valence-electron chi connectivity index (χ3n) is 8.10. The molecule has 1 atom stereocenters. The van der Waals surface area contributed by atoms with Gasteiger partial charge in [-0.25, -0.2) is 4.79 Å². The van der Waals surface area contributed by atoms with Gasteiger partial charge in [0.15, 0.2) is 5.60 Å². The summed E-state index contributed by atoms with van der Waals surface area (Å²) in [7, 11) is 0. The Morgan fingerprint density at radius 3 is 1.95 bits per heavy atom. The summed E-state index contributed by atoms with van der Waals surface area (Å²) in [6, 6.07) is 41.2. The van der Waals surface area contributed by atoms with E-state index in [1.54, 1.807) is 6.07 Å². The van der Waals surface area contributed by atoms with Gasteiger partial charge in [0.05, 0.1) is 6.42 Å². The molecule has 220 valence electrons. The van der Waals surface area contributed by atoms with Crippen LogP contribution >= 0.6 is 11.6 Å². The van der Waals surface area contributed by atoms with Crippen molar-refractivity contribution < 1.29 is 19.1 Å². The number of esters is 1. The minimum atomic E-state index is -1.30. The highest BCUT2D eigenvalue weighted by Crippen LogP contribution is 2.45. The highest BCUT2D eigenvalue weighted by Gasteiger charge is 2.42. The van der Waals surface area contributed by atoms with E-state index < -0.39 is 17.7 Å². The SMILES string of the molecule is Cc1ccc(C(OC(=O)CCNC(=O)OCC2c3ccccc3-c3ccccc32)(c2ccccc2)c2ccccc2Cl)cc1. The van der Waals surface area contributed by atoms with Gasteiger partial charge in [-0.1, -0.05) is 138 Å². The van der Waals surface area contributed by atoms with Gasteiger partial charge in [-0.05, 0) is 35.2 Å². The standard InChI is InChI=1S/C38H32ClNO4/c1-26-19-21-28(22-20-26)38(27-11-3-2-4-12-27,34-17-9-10-18-35(34)39)44-36(41)23-24-40-37(42)43-25-33-31-15-7-5-13-29(31)30-14-6-8-16-32(30)33/h2-22,33H,23-25H2,1H3,(H,40,42). The average molecular weight is 602 g/mol. The van der Waals surface area contributed by atoms with Crippen molar-refractivity contribution in [2.24, 2.45) is 0 Å². The fourth-order valence-corrected chi connectivity index (χ4v) is 6.27. The van der Waals surface area contributed by atoms with Crippen LogP contribution in [0.4, 0.5) is 4.79 Å². The number of rotatable bonds is 9. The average Bonchev–Trinajstić information content (AvgIpc) is 3.37. The molecular weight excluding hydrogens is 570 g/mol. The molecule has 5 nitrogen and oxygen atoms in total. The highest BCUT2D eigenvalue weighted by atomic mass is 35.5. The van der Waals surface area contributed by atoms with E-state index in [4.69, 9.17) is 21.1 Å². The maximum Gasteiger partial charge on any atom is 0.407 e. The molecule has 0 radical (unpaired) electrons. The Hall–Kier alpha value is -4.87. The minimum Gasteiger partial charge on any atom is -0.449 e. The second kappa shape index (κ2) is 12.8. The third-order valence-corrected chi connectivity index (χ3v) is 8.43. The van der Waals surface area contributed by atoms with E-state index in [2.05, 4.69) is 29.6 Å². The number of alkyl carbamates (subject to hydrolysis) is 1. The van der Waals surface area contributed by atoms with Crippen LogP contribution in [0.5, 0.6) is 0 Å². The zero-order valence-corrected chi connectivity index (χ0v) is 25.1. The van der Waals surface area contributed by atoms with Crippen LogP contribution in [0.25, 0.3) is 11.1 Å².